The van der Waals surface area contributed by atoms with Gasteiger partial charge < -0.3 is 19.3 Å². The number of ether oxygens (including phenoxy) is 2. The van der Waals surface area contributed by atoms with Crippen LogP contribution in [0.3, 0.4) is 0 Å². The van der Waals surface area contributed by atoms with E-state index in [0.29, 0.717) is 31.5 Å². The Balaban J connectivity index is 1.27. The summed E-state index contributed by atoms with van der Waals surface area (Å²) in [4.78, 5) is 29.3. The van der Waals surface area contributed by atoms with E-state index in [0.717, 1.165) is 71.3 Å². The van der Waals surface area contributed by atoms with E-state index >= 15 is 0 Å². The second-order valence-corrected chi connectivity index (χ2v) is 8.89. The first kappa shape index (κ1) is 19.2. The molecule has 3 heterocycles. The zero-order chi connectivity index (χ0) is 18.7. The summed E-state index contributed by atoms with van der Waals surface area (Å²) in [6, 6.07) is 0. The molecule has 6 heteroatoms. The van der Waals surface area contributed by atoms with Crippen LogP contribution in [0, 0.1) is 11.8 Å². The van der Waals surface area contributed by atoms with Crippen LogP contribution in [0.25, 0.3) is 0 Å². The Bertz CT molecular complexity index is 532. The van der Waals surface area contributed by atoms with Crippen LogP contribution in [0.5, 0.6) is 0 Å². The number of carbonyl (C=O) groups excluding carboxylic acids is 2. The minimum Gasteiger partial charge on any atom is -0.378 e. The van der Waals surface area contributed by atoms with Crippen LogP contribution in [-0.2, 0) is 19.1 Å². The monoisotopic (exact) mass is 378 g/mol. The fraction of sp³-hybridized carbons (Fsp3) is 0.905. The summed E-state index contributed by atoms with van der Waals surface area (Å²) in [7, 11) is 0. The Morgan fingerprint density at radius 3 is 2.30 bits per heavy atom. The van der Waals surface area contributed by atoms with Gasteiger partial charge >= 0.3 is 0 Å². The van der Waals surface area contributed by atoms with Crippen molar-refractivity contribution >= 4 is 11.8 Å². The third-order valence-electron chi connectivity index (χ3n) is 7.11. The van der Waals surface area contributed by atoms with Crippen LogP contribution in [-0.4, -0.2) is 73.2 Å². The second kappa shape index (κ2) is 8.48. The van der Waals surface area contributed by atoms with Crippen LogP contribution in [0.15, 0.2) is 0 Å². The van der Waals surface area contributed by atoms with Crippen LogP contribution in [0.2, 0.25) is 0 Å². The average molecular weight is 379 g/mol. The maximum Gasteiger partial charge on any atom is 0.225 e. The van der Waals surface area contributed by atoms with Gasteiger partial charge in [0.05, 0.1) is 18.8 Å². The van der Waals surface area contributed by atoms with E-state index in [2.05, 4.69) is 4.90 Å². The number of carbonyl (C=O) groups is 2. The van der Waals surface area contributed by atoms with E-state index in [9.17, 15) is 9.59 Å². The van der Waals surface area contributed by atoms with Gasteiger partial charge in [-0.2, -0.15) is 0 Å². The van der Waals surface area contributed by atoms with Crippen LogP contribution in [0.1, 0.15) is 57.8 Å². The molecule has 0 aromatic carbocycles. The topological polar surface area (TPSA) is 59.1 Å². The van der Waals surface area contributed by atoms with Gasteiger partial charge in [-0.25, -0.2) is 0 Å². The number of hydrogen-bond donors (Lipinski definition) is 0. The van der Waals surface area contributed by atoms with Crippen LogP contribution in [0.4, 0.5) is 0 Å². The predicted octanol–water partition coefficient (Wildman–Crippen LogP) is 2.21. The summed E-state index contributed by atoms with van der Waals surface area (Å²) >= 11 is 0. The lowest BCUT2D eigenvalue weighted by atomic mass is 9.78. The molecule has 0 aromatic rings. The molecule has 4 rings (SSSR count). The van der Waals surface area contributed by atoms with E-state index in [-0.39, 0.29) is 17.4 Å². The molecule has 1 saturated carbocycles. The first-order valence-corrected chi connectivity index (χ1v) is 10.9. The first-order valence-electron chi connectivity index (χ1n) is 10.9. The molecule has 4 fully saturated rings. The Morgan fingerprint density at radius 2 is 1.59 bits per heavy atom. The third kappa shape index (κ3) is 4.48. The Morgan fingerprint density at radius 1 is 0.889 bits per heavy atom. The quantitative estimate of drug-likeness (QED) is 0.756. The fourth-order valence-electron chi connectivity index (χ4n) is 5.41. The van der Waals surface area contributed by atoms with Crippen molar-refractivity contribution in [1.29, 1.82) is 0 Å². The smallest absolute Gasteiger partial charge is 0.225 e. The van der Waals surface area contributed by atoms with E-state index in [4.69, 9.17) is 9.47 Å². The molecule has 27 heavy (non-hydrogen) atoms. The molecule has 1 unspecified atom stereocenters. The Labute approximate surface area is 162 Å². The summed E-state index contributed by atoms with van der Waals surface area (Å²) in [6.07, 6.45) is 8.98. The lowest BCUT2D eigenvalue weighted by Crippen LogP contribution is -2.52. The van der Waals surface area contributed by atoms with Crippen molar-refractivity contribution in [2.75, 3.05) is 46.0 Å². The van der Waals surface area contributed by atoms with Crippen molar-refractivity contribution in [3.8, 4) is 0 Å². The van der Waals surface area contributed by atoms with Crippen molar-refractivity contribution in [1.82, 2.24) is 9.80 Å². The van der Waals surface area contributed by atoms with Crippen molar-refractivity contribution in [2.24, 2.45) is 11.8 Å². The summed E-state index contributed by atoms with van der Waals surface area (Å²) in [5.41, 5.74) is -0.110. The maximum absolute atomic E-state index is 12.7. The number of likely N-dealkylation sites (tertiary alicyclic amines) is 1. The zero-order valence-electron chi connectivity index (χ0n) is 16.5. The molecular weight excluding hydrogens is 344 g/mol. The van der Waals surface area contributed by atoms with Gasteiger partial charge in [-0.15, -0.1) is 0 Å². The molecular formula is C21H34N2O4. The first-order chi connectivity index (χ1) is 13.2. The SMILES string of the molecule is O=C(CC1CCOC2(CCN(C(=O)C3CCCC3)CC2)C1)N1CCOCC1. The molecule has 3 saturated heterocycles. The molecule has 0 radical (unpaired) electrons. The van der Waals surface area contributed by atoms with Gasteiger partial charge in [0.1, 0.15) is 0 Å². The average Bonchev–Trinajstić information content (AvgIpc) is 3.24. The summed E-state index contributed by atoms with van der Waals surface area (Å²) in [5, 5.41) is 0. The van der Waals surface area contributed by atoms with Gasteiger partial charge in [-0.3, -0.25) is 9.59 Å². The zero-order valence-corrected chi connectivity index (χ0v) is 16.5. The van der Waals surface area contributed by atoms with Gasteiger partial charge in [-0.05, 0) is 44.4 Å². The van der Waals surface area contributed by atoms with Gasteiger partial charge in [0.15, 0.2) is 0 Å². The van der Waals surface area contributed by atoms with Crippen molar-refractivity contribution in [2.45, 2.75) is 63.4 Å². The summed E-state index contributed by atoms with van der Waals surface area (Å²) in [5.74, 6) is 1.32. The number of hydrogen-bond acceptors (Lipinski definition) is 4. The fourth-order valence-corrected chi connectivity index (χ4v) is 5.41. The second-order valence-electron chi connectivity index (χ2n) is 8.89. The lowest BCUT2D eigenvalue weighted by Gasteiger charge is -2.46. The number of nitrogens with zero attached hydrogens (tertiary/aromatic N) is 2. The highest BCUT2D eigenvalue weighted by Gasteiger charge is 2.42. The van der Waals surface area contributed by atoms with Crippen molar-refractivity contribution in [3.05, 3.63) is 0 Å². The number of amides is 2. The highest BCUT2D eigenvalue weighted by atomic mass is 16.5. The number of rotatable bonds is 3. The van der Waals surface area contributed by atoms with E-state index in [1.807, 2.05) is 4.90 Å². The normalized spacial score (nSPS) is 29.3. The van der Waals surface area contributed by atoms with E-state index in [1.54, 1.807) is 0 Å². The Kier molecular flexibility index (Phi) is 6.02. The number of piperidine rings is 1. The molecule has 0 N–H and O–H groups in total. The molecule has 1 atom stereocenters. The van der Waals surface area contributed by atoms with Gasteiger partial charge in [0.25, 0.3) is 0 Å². The largest absolute Gasteiger partial charge is 0.378 e. The molecule has 4 aliphatic rings. The van der Waals surface area contributed by atoms with Gasteiger partial charge in [0.2, 0.25) is 11.8 Å². The van der Waals surface area contributed by atoms with Crippen LogP contribution < -0.4 is 0 Å². The molecule has 0 aromatic heterocycles. The molecule has 152 valence electrons. The Hall–Kier alpha value is -1.14. The maximum atomic E-state index is 12.7. The highest BCUT2D eigenvalue weighted by molar-refractivity contribution is 5.79. The summed E-state index contributed by atoms with van der Waals surface area (Å²) in [6.45, 7) is 5.16. The van der Waals surface area contributed by atoms with Gasteiger partial charge in [0, 0.05) is 45.1 Å². The molecule has 3 aliphatic heterocycles. The molecule has 1 aliphatic carbocycles. The van der Waals surface area contributed by atoms with E-state index in [1.165, 1.54) is 12.8 Å². The molecule has 2 amide bonds. The lowest BCUT2D eigenvalue weighted by molar-refractivity contribution is -0.153. The molecule has 0 bridgehead atoms. The van der Waals surface area contributed by atoms with Crippen molar-refractivity contribution < 1.29 is 19.1 Å². The third-order valence-corrected chi connectivity index (χ3v) is 7.11. The van der Waals surface area contributed by atoms with Gasteiger partial charge in [-0.1, -0.05) is 12.8 Å². The predicted molar refractivity (Wildman–Crippen MR) is 101 cm³/mol. The van der Waals surface area contributed by atoms with E-state index < -0.39 is 0 Å². The van der Waals surface area contributed by atoms with Crippen LogP contribution >= 0.6 is 0 Å². The highest BCUT2D eigenvalue weighted by Crippen LogP contribution is 2.39. The minimum absolute atomic E-state index is 0.110. The number of morpholine rings is 1. The molecule has 1 spiro atoms. The summed E-state index contributed by atoms with van der Waals surface area (Å²) < 4.78 is 11.6. The van der Waals surface area contributed by atoms with Crippen molar-refractivity contribution in [3.63, 3.8) is 0 Å². The minimum atomic E-state index is -0.110. The standard InChI is InChI=1S/C21H34N2O4/c24-19(22-10-13-26-14-11-22)15-17-5-12-27-21(16-17)6-8-23(9-7-21)20(25)18-3-1-2-4-18/h17-18H,1-16H2. The molecule has 6 nitrogen and oxygen atoms in total.